The van der Waals surface area contributed by atoms with E-state index in [0.717, 1.165) is 12.8 Å². The van der Waals surface area contributed by atoms with Crippen molar-refractivity contribution in [2.45, 2.75) is 12.8 Å². The number of hydrogen-bond acceptors (Lipinski definition) is 6. The van der Waals surface area contributed by atoms with Crippen LogP contribution in [0.15, 0.2) is 36.7 Å². The zero-order valence-electron chi connectivity index (χ0n) is 13.3. The molecule has 0 fully saturated rings. The van der Waals surface area contributed by atoms with Gasteiger partial charge in [0.1, 0.15) is 0 Å². The number of pyridine rings is 2. The highest BCUT2D eigenvalue weighted by Crippen LogP contribution is 2.17. The molecule has 7 heteroatoms. The third-order valence-corrected chi connectivity index (χ3v) is 3.24. The Balaban J connectivity index is 2.07. The van der Waals surface area contributed by atoms with Crippen molar-refractivity contribution in [3.63, 3.8) is 0 Å². The van der Waals surface area contributed by atoms with E-state index in [1.807, 2.05) is 0 Å². The number of carboxylic acids is 1. The smallest absolute Gasteiger partial charge is 0.338 e. The van der Waals surface area contributed by atoms with E-state index in [1.54, 1.807) is 13.2 Å². The van der Waals surface area contributed by atoms with Gasteiger partial charge in [-0.1, -0.05) is 0 Å². The van der Waals surface area contributed by atoms with Crippen molar-refractivity contribution in [1.82, 2.24) is 9.97 Å². The Morgan fingerprint density at radius 2 is 1.58 bits per heavy atom. The summed E-state index contributed by atoms with van der Waals surface area (Å²) in [4.78, 5) is 31.3. The quantitative estimate of drug-likeness (QED) is 0.586. The molecule has 0 unspecified atom stereocenters. The molecule has 0 amide bonds. The number of rotatable bonds is 8. The van der Waals surface area contributed by atoms with Crippen molar-refractivity contribution in [1.29, 1.82) is 0 Å². The minimum Gasteiger partial charge on any atom is -0.478 e. The molecule has 0 aliphatic rings. The van der Waals surface area contributed by atoms with E-state index in [9.17, 15) is 9.59 Å². The van der Waals surface area contributed by atoms with Crippen molar-refractivity contribution in [2.75, 3.05) is 20.3 Å². The minimum absolute atomic E-state index is 0.105. The summed E-state index contributed by atoms with van der Waals surface area (Å²) in [5.41, 5.74) is 1.23. The van der Waals surface area contributed by atoms with Gasteiger partial charge in [0.2, 0.25) is 0 Å². The molecule has 0 aliphatic carbocycles. The van der Waals surface area contributed by atoms with Gasteiger partial charge in [-0.05, 0) is 37.1 Å². The second-order valence-corrected chi connectivity index (χ2v) is 5.00. The van der Waals surface area contributed by atoms with Gasteiger partial charge in [0.05, 0.1) is 29.1 Å². The Bertz CT molecular complexity index is 718. The highest BCUT2D eigenvalue weighted by molar-refractivity contribution is 5.91. The molecule has 0 bridgehead atoms. The Kier molecular flexibility index (Phi) is 6.39. The molecule has 7 nitrogen and oxygen atoms in total. The van der Waals surface area contributed by atoms with Crippen LogP contribution in [-0.4, -0.2) is 47.3 Å². The van der Waals surface area contributed by atoms with E-state index in [-0.39, 0.29) is 5.56 Å². The monoisotopic (exact) mass is 330 g/mol. The molecule has 24 heavy (non-hydrogen) atoms. The van der Waals surface area contributed by atoms with E-state index in [1.165, 1.54) is 30.6 Å². The number of aromatic nitrogens is 2. The van der Waals surface area contributed by atoms with Crippen LogP contribution < -0.4 is 0 Å². The van der Waals surface area contributed by atoms with Gasteiger partial charge in [-0.3, -0.25) is 9.97 Å². The first-order valence-corrected chi connectivity index (χ1v) is 7.43. The Morgan fingerprint density at radius 3 is 2.21 bits per heavy atom. The van der Waals surface area contributed by atoms with Crippen LogP contribution in [0.1, 0.15) is 33.6 Å². The van der Waals surface area contributed by atoms with Gasteiger partial charge in [-0.15, -0.1) is 0 Å². The molecule has 2 heterocycles. The van der Waals surface area contributed by atoms with E-state index in [0.29, 0.717) is 30.2 Å². The summed E-state index contributed by atoms with van der Waals surface area (Å²) in [6, 6.07) is 5.88. The zero-order chi connectivity index (χ0) is 17.4. The third-order valence-electron chi connectivity index (χ3n) is 3.24. The lowest BCUT2D eigenvalue weighted by Crippen LogP contribution is -2.07. The summed E-state index contributed by atoms with van der Waals surface area (Å²) in [5.74, 6) is -1.50. The lowest BCUT2D eigenvalue weighted by Gasteiger charge is -2.06. The maximum atomic E-state index is 12.0. The molecule has 0 atom stereocenters. The number of carboxylic acid groups (broad SMARTS) is 1. The van der Waals surface area contributed by atoms with E-state index in [2.05, 4.69) is 9.97 Å². The van der Waals surface area contributed by atoms with Gasteiger partial charge < -0.3 is 14.6 Å². The number of methoxy groups -OCH3 is 1. The molecule has 126 valence electrons. The average Bonchev–Trinajstić information content (AvgIpc) is 2.61. The van der Waals surface area contributed by atoms with Crippen LogP contribution >= 0.6 is 0 Å². The molecule has 0 saturated carbocycles. The third kappa shape index (κ3) is 4.85. The van der Waals surface area contributed by atoms with Crippen LogP contribution in [0.2, 0.25) is 0 Å². The van der Waals surface area contributed by atoms with Gasteiger partial charge in [-0.25, -0.2) is 9.59 Å². The summed E-state index contributed by atoms with van der Waals surface area (Å²) < 4.78 is 10.1. The fraction of sp³-hybridized carbons (Fsp3) is 0.294. The first kappa shape index (κ1) is 17.6. The predicted molar refractivity (Wildman–Crippen MR) is 85.8 cm³/mol. The molecule has 2 aromatic rings. The summed E-state index contributed by atoms with van der Waals surface area (Å²) in [6.07, 6.45) is 4.39. The van der Waals surface area contributed by atoms with Gasteiger partial charge in [-0.2, -0.15) is 0 Å². The number of esters is 1. The molecule has 0 aliphatic heterocycles. The number of ether oxygens (including phenoxy) is 2. The molecule has 0 aromatic carbocycles. The first-order chi connectivity index (χ1) is 11.6. The Hall–Kier alpha value is -2.80. The highest BCUT2D eigenvalue weighted by atomic mass is 16.5. The normalized spacial score (nSPS) is 10.4. The van der Waals surface area contributed by atoms with Gasteiger partial charge in [0.25, 0.3) is 0 Å². The van der Waals surface area contributed by atoms with Gasteiger partial charge in [0.15, 0.2) is 0 Å². The van der Waals surface area contributed by atoms with Crippen molar-refractivity contribution in [3.8, 4) is 11.4 Å². The van der Waals surface area contributed by atoms with Crippen LogP contribution in [0.25, 0.3) is 11.4 Å². The number of carbonyl (C=O) groups excluding carboxylic acids is 1. The molecule has 2 rings (SSSR count). The molecule has 0 saturated heterocycles. The molecular formula is C17H18N2O5. The van der Waals surface area contributed by atoms with Gasteiger partial charge >= 0.3 is 11.9 Å². The molecular weight excluding hydrogens is 312 g/mol. The topological polar surface area (TPSA) is 98.6 Å². The van der Waals surface area contributed by atoms with Crippen LogP contribution in [0, 0.1) is 0 Å². The first-order valence-electron chi connectivity index (χ1n) is 7.43. The Labute approximate surface area is 139 Å². The van der Waals surface area contributed by atoms with Crippen LogP contribution in [0.5, 0.6) is 0 Å². The standard InChI is InChI=1S/C17H18N2O5/c1-23-8-2-3-9-24-17(22)13-5-7-19-15(11-13)14-10-12(16(20)21)4-6-18-14/h4-7,10-11H,2-3,8-9H2,1H3,(H,20,21). The fourth-order valence-electron chi connectivity index (χ4n) is 2.00. The highest BCUT2D eigenvalue weighted by Gasteiger charge is 2.11. The number of hydrogen-bond donors (Lipinski definition) is 1. The summed E-state index contributed by atoms with van der Waals surface area (Å²) in [5, 5.41) is 9.03. The number of unbranched alkanes of at least 4 members (excludes halogenated alkanes) is 1. The van der Waals surface area contributed by atoms with Gasteiger partial charge in [0, 0.05) is 26.1 Å². The van der Waals surface area contributed by atoms with Crippen LogP contribution in [0.3, 0.4) is 0 Å². The Morgan fingerprint density at radius 1 is 1.00 bits per heavy atom. The molecule has 1 N–H and O–H groups in total. The number of carbonyl (C=O) groups is 2. The molecule has 0 spiro atoms. The van der Waals surface area contributed by atoms with Crippen molar-refractivity contribution >= 4 is 11.9 Å². The van der Waals surface area contributed by atoms with Crippen molar-refractivity contribution < 1.29 is 24.2 Å². The average molecular weight is 330 g/mol. The van der Waals surface area contributed by atoms with Crippen LogP contribution in [-0.2, 0) is 9.47 Å². The minimum atomic E-state index is -1.05. The second kappa shape index (κ2) is 8.73. The van der Waals surface area contributed by atoms with Crippen LogP contribution in [0.4, 0.5) is 0 Å². The van der Waals surface area contributed by atoms with Crippen molar-refractivity contribution in [2.24, 2.45) is 0 Å². The molecule has 0 radical (unpaired) electrons. The maximum Gasteiger partial charge on any atom is 0.338 e. The number of aromatic carboxylic acids is 1. The molecule has 2 aromatic heterocycles. The zero-order valence-corrected chi connectivity index (χ0v) is 13.3. The lowest BCUT2D eigenvalue weighted by atomic mass is 10.1. The SMILES string of the molecule is COCCCCOC(=O)c1ccnc(-c2cc(C(=O)O)ccn2)c1. The summed E-state index contributed by atoms with van der Waals surface area (Å²) in [7, 11) is 1.62. The largest absolute Gasteiger partial charge is 0.478 e. The van der Waals surface area contributed by atoms with E-state index in [4.69, 9.17) is 14.6 Å². The van der Waals surface area contributed by atoms with E-state index < -0.39 is 11.9 Å². The van der Waals surface area contributed by atoms with E-state index >= 15 is 0 Å². The number of nitrogens with zero attached hydrogens (tertiary/aromatic N) is 2. The maximum absolute atomic E-state index is 12.0. The second-order valence-electron chi connectivity index (χ2n) is 5.00. The fourth-order valence-corrected chi connectivity index (χ4v) is 2.00. The summed E-state index contributed by atoms with van der Waals surface area (Å²) in [6.45, 7) is 0.940. The lowest BCUT2D eigenvalue weighted by molar-refractivity contribution is 0.0488. The summed E-state index contributed by atoms with van der Waals surface area (Å²) >= 11 is 0. The van der Waals surface area contributed by atoms with Crippen molar-refractivity contribution in [3.05, 3.63) is 47.8 Å². The predicted octanol–water partition coefficient (Wildman–Crippen LogP) is 2.43.